The third-order valence-corrected chi connectivity index (χ3v) is 0. The molecule has 0 aromatic rings. The standard InChI is InChI=1S/In.H2O.O.Sn.Ti.3H/h;1H2;;;;;;. The van der Waals surface area contributed by atoms with Crippen molar-refractivity contribution in [3.05, 3.63) is 0 Å². The van der Waals surface area contributed by atoms with Gasteiger partial charge in [0, 0.05) is 21.7 Å². The average Bonchev–Trinajstić information content (AvgIpc) is 1.00. The van der Waals surface area contributed by atoms with Gasteiger partial charge in [-0.2, -0.15) is 0 Å². The van der Waals surface area contributed by atoms with Crippen LogP contribution in [0.15, 0.2) is 0 Å². The summed E-state index contributed by atoms with van der Waals surface area (Å²) in [6.07, 6.45) is 0. The van der Waals surface area contributed by atoms with Crippen LogP contribution >= 0.6 is 0 Å². The predicted octanol–water partition coefficient (Wildman–Crippen LogP) is -2.51. The van der Waals surface area contributed by atoms with Crippen molar-refractivity contribution >= 4 is 48.4 Å². The molecule has 0 saturated carbocycles. The van der Waals surface area contributed by atoms with Crippen LogP contribution in [0.1, 0.15) is 0 Å². The summed E-state index contributed by atoms with van der Waals surface area (Å²) in [5, 5.41) is 0. The largest absolute Gasteiger partial charge is 0 e. The van der Waals surface area contributed by atoms with Crippen molar-refractivity contribution in [2.24, 2.45) is 0 Å². The minimum absolute atomic E-state index is 0. The summed E-state index contributed by atoms with van der Waals surface area (Å²) in [6, 6.07) is 0. The van der Waals surface area contributed by atoms with Crippen LogP contribution < -0.4 is 0 Å². The van der Waals surface area contributed by atoms with Crippen LogP contribution in [0.4, 0.5) is 0 Å². The summed E-state index contributed by atoms with van der Waals surface area (Å²) in [4.78, 5) is 0. The van der Waals surface area contributed by atoms with Gasteiger partial charge in [-0.25, -0.2) is 0 Å². The van der Waals surface area contributed by atoms with E-state index in [1.54, 1.807) is 0 Å². The molecule has 0 unspecified atom stereocenters. The number of hydrogen-bond donors (Lipinski definition) is 0. The van der Waals surface area contributed by atoms with Crippen LogP contribution in [0.25, 0.3) is 0 Å². The first kappa shape index (κ1) is 27.3. The molecule has 0 heterocycles. The molecule has 0 amide bonds. The van der Waals surface area contributed by atoms with Gasteiger partial charge < -0.3 is 5.48 Å². The average molecular weight is 318 g/mol. The molecule has 0 aliphatic rings. The van der Waals surface area contributed by atoms with Gasteiger partial charge in [0.05, 0.1) is 0 Å². The molecule has 0 aliphatic heterocycles. The minimum Gasteiger partial charge on any atom is 0 e. The first-order chi connectivity index (χ1) is 1.00. The van der Waals surface area contributed by atoms with E-state index in [0.717, 1.165) is 0 Å². The zero-order valence-corrected chi connectivity index (χ0v) is 6.32. The molecule has 0 saturated heterocycles. The second-order valence-electron chi connectivity index (χ2n) is 0. The van der Waals surface area contributed by atoms with E-state index in [9.17, 15) is 0 Å². The van der Waals surface area contributed by atoms with E-state index < -0.39 is 0 Å². The molecular formula is H5InO2SnTi. The second-order valence-corrected chi connectivity index (χ2v) is 0. The van der Waals surface area contributed by atoms with Gasteiger partial charge >= 0.3 is 51.4 Å². The molecule has 5 heteroatoms. The molecule has 0 aromatic carbocycles. The Bertz CT molecular complexity index is 9.61. The smallest absolute Gasteiger partial charge is 0 e. The fourth-order valence-corrected chi connectivity index (χ4v) is 0. The molecule has 2 nitrogen and oxygen atoms in total. The summed E-state index contributed by atoms with van der Waals surface area (Å²) in [6.45, 7) is 0. The molecule has 0 aromatic heterocycles. The Morgan fingerprint density at radius 3 is 1.20 bits per heavy atom. The van der Waals surface area contributed by atoms with Crippen LogP contribution in [0, 0.1) is 0 Å². The van der Waals surface area contributed by atoms with Gasteiger partial charge in [0.25, 0.3) is 0 Å². The molecule has 0 atom stereocenters. The van der Waals surface area contributed by atoms with Gasteiger partial charge in [0.2, 0.25) is 0 Å². The Morgan fingerprint density at radius 2 is 1.20 bits per heavy atom. The maximum atomic E-state index is 8.34. The van der Waals surface area contributed by atoms with E-state index in [0.29, 0.717) is 22.5 Å². The molecule has 2 N–H and O–H groups in total. The van der Waals surface area contributed by atoms with Crippen molar-refractivity contribution in [1.29, 1.82) is 0 Å². The van der Waals surface area contributed by atoms with Crippen LogP contribution in [0.2, 0.25) is 0 Å². The molecule has 0 rings (SSSR count). The van der Waals surface area contributed by atoms with Gasteiger partial charge in [-0.1, -0.05) is 0 Å². The van der Waals surface area contributed by atoms with Crippen LogP contribution in [-0.2, 0) is 24.8 Å². The second kappa shape index (κ2) is 35.4. The first-order valence-corrected chi connectivity index (χ1v) is 1.37. The van der Waals surface area contributed by atoms with Crippen molar-refractivity contribution in [2.75, 3.05) is 0 Å². The van der Waals surface area contributed by atoms with E-state index in [-0.39, 0.29) is 53.0 Å². The fourth-order valence-electron chi connectivity index (χ4n) is 0. The quantitative estimate of drug-likeness (QED) is 0.455. The van der Waals surface area contributed by atoms with E-state index in [1.807, 2.05) is 0 Å². The number of hydrogen-bond acceptors (Lipinski definition) is 1. The van der Waals surface area contributed by atoms with Crippen molar-refractivity contribution in [3.63, 3.8) is 0 Å². The summed E-state index contributed by atoms with van der Waals surface area (Å²) < 4.78 is 8.34. The van der Waals surface area contributed by atoms with Gasteiger partial charge in [-0.05, 0) is 0 Å². The monoisotopic (exact) mass is 320 g/mol. The Labute approximate surface area is 77.5 Å². The molecule has 2 radical (unpaired) electrons. The van der Waals surface area contributed by atoms with Gasteiger partial charge in [0.15, 0.2) is 0 Å². The Balaban J connectivity index is -0.00000000167. The zero-order valence-electron chi connectivity index (χ0n) is 1.91. The number of rotatable bonds is 0. The third-order valence-electron chi connectivity index (χ3n) is 0. The van der Waals surface area contributed by atoms with E-state index >= 15 is 0 Å². The van der Waals surface area contributed by atoms with E-state index in [2.05, 4.69) is 0 Å². The first-order valence-electron chi connectivity index (χ1n) is 0.204. The molecule has 0 aliphatic carbocycles. The van der Waals surface area contributed by atoms with Crippen LogP contribution in [-0.4, -0.2) is 53.8 Å². The topological polar surface area (TPSA) is 48.6 Å². The molecular weight excluding hydrogens is 313 g/mol. The molecule has 0 spiro atoms. The summed E-state index contributed by atoms with van der Waals surface area (Å²) in [5.41, 5.74) is 0. The van der Waals surface area contributed by atoms with Crippen molar-refractivity contribution < 1.29 is 30.3 Å². The van der Waals surface area contributed by atoms with E-state index in [1.165, 1.54) is 0 Å². The Morgan fingerprint density at radius 1 is 1.20 bits per heavy atom. The zero-order chi connectivity index (χ0) is 2.00. The third kappa shape index (κ3) is 23.0. The minimum atomic E-state index is 0. The van der Waals surface area contributed by atoms with Gasteiger partial charge in [0.1, 0.15) is 0 Å². The van der Waals surface area contributed by atoms with Crippen LogP contribution in [0.5, 0.6) is 0 Å². The molecule has 0 bridgehead atoms. The van der Waals surface area contributed by atoms with Gasteiger partial charge in [-0.15, -0.1) is 0 Å². The molecule has 5 heavy (non-hydrogen) atoms. The Hall–Kier alpha value is 2.14. The normalized spacial score (nSPS) is 0.800. The summed E-state index contributed by atoms with van der Waals surface area (Å²) in [5.74, 6) is 0. The Kier molecular flexibility index (Phi) is 193. The van der Waals surface area contributed by atoms with Crippen molar-refractivity contribution in [2.45, 2.75) is 0 Å². The summed E-state index contributed by atoms with van der Waals surface area (Å²) in [7, 11) is 0. The maximum absolute atomic E-state index is 8.34. The van der Waals surface area contributed by atoms with E-state index in [4.69, 9.17) is 3.08 Å². The van der Waals surface area contributed by atoms with Crippen molar-refractivity contribution in [3.8, 4) is 0 Å². The van der Waals surface area contributed by atoms with Crippen molar-refractivity contribution in [1.82, 2.24) is 0 Å². The molecule has 28 valence electrons. The SMILES string of the molecule is O.[InH3].[O]=[Sn].[Ti]. The van der Waals surface area contributed by atoms with Gasteiger partial charge in [-0.3, -0.25) is 0 Å². The maximum Gasteiger partial charge on any atom is 0 e. The van der Waals surface area contributed by atoms with Crippen LogP contribution in [0.3, 0.4) is 0 Å². The summed E-state index contributed by atoms with van der Waals surface area (Å²) >= 11 is 0.300. The fraction of sp³-hybridized carbons (Fsp3) is 0. The predicted molar refractivity (Wildman–Crippen MR) is 20.0 cm³/mol. The molecule has 0 fully saturated rings.